The van der Waals surface area contributed by atoms with E-state index in [0.29, 0.717) is 6.04 Å². The van der Waals surface area contributed by atoms with Crippen LogP contribution in [0.2, 0.25) is 0 Å². The predicted octanol–water partition coefficient (Wildman–Crippen LogP) is 3.27. The van der Waals surface area contributed by atoms with E-state index >= 15 is 0 Å². The van der Waals surface area contributed by atoms with Crippen LogP contribution in [0.3, 0.4) is 0 Å². The Balaban J connectivity index is 1.70. The van der Waals surface area contributed by atoms with Gasteiger partial charge in [-0.05, 0) is 30.0 Å². The summed E-state index contributed by atoms with van der Waals surface area (Å²) in [6.07, 6.45) is 8.98. The zero-order valence-corrected chi connectivity index (χ0v) is 13.6. The van der Waals surface area contributed by atoms with Gasteiger partial charge in [0.15, 0.2) is 0 Å². The van der Waals surface area contributed by atoms with Crippen LogP contribution in [0.5, 0.6) is 0 Å². The zero-order valence-electron chi connectivity index (χ0n) is 13.6. The highest BCUT2D eigenvalue weighted by atomic mass is 15.3. The summed E-state index contributed by atoms with van der Waals surface area (Å²) in [5, 5.41) is 0. The van der Waals surface area contributed by atoms with Crippen molar-refractivity contribution in [3.8, 4) is 11.4 Å². The van der Waals surface area contributed by atoms with Gasteiger partial charge in [-0.1, -0.05) is 31.2 Å². The van der Waals surface area contributed by atoms with E-state index in [1.54, 1.807) is 24.8 Å². The molecule has 0 radical (unpaired) electrons. The summed E-state index contributed by atoms with van der Waals surface area (Å²) in [5.74, 6) is 0.763. The first-order valence-corrected chi connectivity index (χ1v) is 8.28. The number of aromatic nitrogens is 4. The molecule has 0 fully saturated rings. The molecule has 0 spiro atoms. The highest BCUT2D eigenvalue weighted by Crippen LogP contribution is 2.28. The number of nitrogens with zero attached hydrogens (tertiary/aromatic N) is 5. The van der Waals surface area contributed by atoms with Crippen LogP contribution in [0.4, 0.5) is 5.95 Å². The van der Waals surface area contributed by atoms with Crippen LogP contribution in [-0.2, 0) is 13.0 Å². The molecule has 1 aliphatic rings. The van der Waals surface area contributed by atoms with E-state index in [9.17, 15) is 0 Å². The summed E-state index contributed by atoms with van der Waals surface area (Å²) in [5.41, 5.74) is 4.37. The van der Waals surface area contributed by atoms with Crippen molar-refractivity contribution >= 4 is 5.95 Å². The average Bonchev–Trinajstić information content (AvgIpc) is 2.67. The third kappa shape index (κ3) is 2.73. The molecule has 0 saturated heterocycles. The molecule has 1 atom stereocenters. The molecule has 0 aliphatic carbocycles. The lowest BCUT2D eigenvalue weighted by atomic mass is 9.93. The fourth-order valence-corrected chi connectivity index (χ4v) is 3.25. The molecule has 1 aromatic carbocycles. The van der Waals surface area contributed by atoms with Crippen molar-refractivity contribution < 1.29 is 0 Å². The van der Waals surface area contributed by atoms with Gasteiger partial charge < -0.3 is 4.90 Å². The summed E-state index contributed by atoms with van der Waals surface area (Å²) in [7, 11) is 0. The second-order valence-corrected chi connectivity index (χ2v) is 6.00. The topological polar surface area (TPSA) is 54.8 Å². The van der Waals surface area contributed by atoms with Crippen molar-refractivity contribution in [3.05, 3.63) is 66.2 Å². The first kappa shape index (κ1) is 14.8. The van der Waals surface area contributed by atoms with Crippen molar-refractivity contribution in [2.24, 2.45) is 0 Å². The Labute approximate surface area is 141 Å². The lowest BCUT2D eigenvalue weighted by molar-refractivity contribution is 0.528. The van der Waals surface area contributed by atoms with Gasteiger partial charge in [-0.15, -0.1) is 0 Å². The molecule has 120 valence electrons. The van der Waals surface area contributed by atoms with Crippen molar-refractivity contribution in [1.29, 1.82) is 0 Å². The van der Waals surface area contributed by atoms with Crippen LogP contribution in [0, 0.1) is 0 Å². The van der Waals surface area contributed by atoms with E-state index in [4.69, 9.17) is 4.98 Å². The zero-order chi connectivity index (χ0) is 16.4. The smallest absolute Gasteiger partial charge is 0.226 e. The van der Waals surface area contributed by atoms with Gasteiger partial charge in [0.2, 0.25) is 5.95 Å². The van der Waals surface area contributed by atoms with Gasteiger partial charge in [0.05, 0.1) is 11.9 Å². The molecule has 1 aliphatic heterocycles. The van der Waals surface area contributed by atoms with E-state index in [0.717, 1.165) is 36.7 Å². The number of anilines is 1. The lowest BCUT2D eigenvalue weighted by Gasteiger charge is -2.36. The van der Waals surface area contributed by atoms with Crippen molar-refractivity contribution in [1.82, 2.24) is 19.9 Å². The second kappa shape index (κ2) is 6.35. The molecule has 4 rings (SSSR count). The van der Waals surface area contributed by atoms with Gasteiger partial charge in [0, 0.05) is 31.2 Å². The van der Waals surface area contributed by atoms with Crippen LogP contribution >= 0.6 is 0 Å². The minimum absolute atomic E-state index is 0.414. The Kier molecular flexibility index (Phi) is 3.91. The number of fused-ring (bicyclic) bond motifs is 1. The van der Waals surface area contributed by atoms with Crippen molar-refractivity contribution in [2.45, 2.75) is 32.4 Å². The van der Waals surface area contributed by atoms with Gasteiger partial charge in [-0.2, -0.15) is 0 Å². The molecule has 24 heavy (non-hydrogen) atoms. The normalized spacial score (nSPS) is 16.7. The van der Waals surface area contributed by atoms with Gasteiger partial charge in [0.25, 0.3) is 0 Å². The largest absolute Gasteiger partial charge is 0.333 e. The van der Waals surface area contributed by atoms with Gasteiger partial charge >= 0.3 is 0 Å². The predicted molar refractivity (Wildman–Crippen MR) is 93.5 cm³/mol. The molecule has 0 amide bonds. The minimum atomic E-state index is 0.414. The SMILES string of the molecule is CC[C@@H]1Cc2ccccc2CN1c1nccc(-c2cnccn2)n1. The first-order chi connectivity index (χ1) is 11.8. The number of hydrogen-bond donors (Lipinski definition) is 0. The van der Waals surface area contributed by atoms with E-state index < -0.39 is 0 Å². The Morgan fingerprint density at radius 2 is 1.88 bits per heavy atom. The first-order valence-electron chi connectivity index (χ1n) is 8.28. The van der Waals surface area contributed by atoms with E-state index in [2.05, 4.69) is 51.0 Å². The Morgan fingerprint density at radius 1 is 1.00 bits per heavy atom. The van der Waals surface area contributed by atoms with E-state index in [-0.39, 0.29) is 0 Å². The Hall–Kier alpha value is -2.82. The lowest BCUT2D eigenvalue weighted by Crippen LogP contribution is -2.41. The van der Waals surface area contributed by atoms with Crippen LogP contribution < -0.4 is 4.90 Å². The summed E-state index contributed by atoms with van der Waals surface area (Å²) in [6.45, 7) is 3.07. The standard InChI is InChI=1S/C19H19N5/c1-2-16-11-14-5-3-4-6-15(14)13-24(16)19-22-8-7-17(23-19)18-12-20-9-10-21-18/h3-10,12,16H,2,11,13H2,1H3/t16-/m1/s1. The quantitative estimate of drug-likeness (QED) is 0.742. The van der Waals surface area contributed by atoms with Crippen LogP contribution in [0.25, 0.3) is 11.4 Å². The Bertz CT molecular complexity index is 834. The fourth-order valence-electron chi connectivity index (χ4n) is 3.25. The van der Waals surface area contributed by atoms with E-state index in [1.807, 2.05) is 6.07 Å². The molecule has 2 aromatic heterocycles. The molecule has 3 heterocycles. The maximum absolute atomic E-state index is 4.75. The fraction of sp³-hybridized carbons (Fsp3) is 0.263. The second-order valence-electron chi connectivity index (χ2n) is 6.00. The van der Waals surface area contributed by atoms with Crippen LogP contribution in [0.15, 0.2) is 55.1 Å². The highest BCUT2D eigenvalue weighted by molar-refractivity contribution is 5.54. The molecule has 0 bridgehead atoms. The number of rotatable bonds is 3. The van der Waals surface area contributed by atoms with Gasteiger partial charge in [-0.25, -0.2) is 9.97 Å². The molecule has 0 N–H and O–H groups in total. The number of hydrogen-bond acceptors (Lipinski definition) is 5. The van der Waals surface area contributed by atoms with Crippen molar-refractivity contribution in [3.63, 3.8) is 0 Å². The summed E-state index contributed by atoms with van der Waals surface area (Å²) >= 11 is 0. The van der Waals surface area contributed by atoms with Crippen LogP contribution in [-0.4, -0.2) is 26.0 Å². The molecule has 0 saturated carbocycles. The summed E-state index contributed by atoms with van der Waals surface area (Å²) in [4.78, 5) is 20.1. The molecular weight excluding hydrogens is 298 g/mol. The monoisotopic (exact) mass is 317 g/mol. The summed E-state index contributed by atoms with van der Waals surface area (Å²) in [6, 6.07) is 10.9. The maximum Gasteiger partial charge on any atom is 0.226 e. The maximum atomic E-state index is 4.75. The molecule has 5 heteroatoms. The number of benzene rings is 1. The molecular formula is C19H19N5. The van der Waals surface area contributed by atoms with Crippen molar-refractivity contribution in [2.75, 3.05) is 4.90 Å². The molecule has 5 nitrogen and oxygen atoms in total. The molecule has 3 aromatic rings. The van der Waals surface area contributed by atoms with E-state index in [1.165, 1.54) is 11.1 Å². The summed E-state index contributed by atoms with van der Waals surface area (Å²) < 4.78 is 0. The third-order valence-corrected chi connectivity index (χ3v) is 4.55. The van der Waals surface area contributed by atoms with Gasteiger partial charge in [0.1, 0.15) is 5.69 Å². The van der Waals surface area contributed by atoms with Gasteiger partial charge in [-0.3, -0.25) is 9.97 Å². The molecule has 0 unspecified atom stereocenters. The average molecular weight is 317 g/mol. The van der Waals surface area contributed by atoms with Crippen LogP contribution in [0.1, 0.15) is 24.5 Å². The minimum Gasteiger partial charge on any atom is -0.333 e. The third-order valence-electron chi connectivity index (χ3n) is 4.55. The Morgan fingerprint density at radius 3 is 2.67 bits per heavy atom. The highest BCUT2D eigenvalue weighted by Gasteiger charge is 2.26.